The zero-order chi connectivity index (χ0) is 21.3. The summed E-state index contributed by atoms with van der Waals surface area (Å²) in [5, 5.41) is 0. The Labute approximate surface area is 208 Å². The van der Waals surface area contributed by atoms with Gasteiger partial charge in [-0.1, -0.05) is 143 Å². The topological polar surface area (TPSA) is 0 Å². The van der Waals surface area contributed by atoms with Gasteiger partial charge in [0.15, 0.2) is 0 Å². The van der Waals surface area contributed by atoms with Crippen LogP contribution in [0.15, 0.2) is 0 Å². The molecule has 2 unspecified atom stereocenters. The normalized spacial score (nSPS) is 12.6. The number of unbranched alkanes of at least 4 members (excludes halogenated alkanes) is 12. The van der Waals surface area contributed by atoms with Crippen LogP contribution >= 0.6 is 0 Å². The van der Waals surface area contributed by atoms with Gasteiger partial charge in [-0.05, 0) is 11.8 Å². The van der Waals surface area contributed by atoms with E-state index in [-0.39, 0.29) is 27.3 Å². The molecule has 0 aromatic heterocycles. The molecule has 0 saturated heterocycles. The van der Waals surface area contributed by atoms with Crippen LogP contribution in [-0.2, 0) is 27.3 Å². The van der Waals surface area contributed by atoms with Crippen molar-refractivity contribution in [1.82, 2.24) is 0 Å². The molecule has 0 saturated carbocycles. The maximum atomic E-state index is 3.87. The van der Waals surface area contributed by atoms with Gasteiger partial charge >= 0.3 is 27.3 Å². The van der Waals surface area contributed by atoms with Crippen molar-refractivity contribution in [2.75, 3.05) is 0 Å². The SMILES string of the molecule is [CH2-]CCCCCC(C)CCCCCC.[CH2-]CCCCCC(C)CCCCCC.[Cd+2]. The van der Waals surface area contributed by atoms with E-state index in [2.05, 4.69) is 41.5 Å². The smallest absolute Gasteiger partial charge is 0.343 e. The van der Waals surface area contributed by atoms with Crippen molar-refractivity contribution in [3.8, 4) is 0 Å². The summed E-state index contributed by atoms with van der Waals surface area (Å²) in [4.78, 5) is 0. The minimum atomic E-state index is 0. The molecule has 0 N–H and O–H groups in total. The molecular weight excluding hydrogens is 449 g/mol. The van der Waals surface area contributed by atoms with Crippen LogP contribution in [0.4, 0.5) is 0 Å². The Kier molecular flexibility index (Phi) is 37.0. The average Bonchev–Trinajstić information content (AvgIpc) is 2.70. The first kappa shape index (κ1) is 34.5. The van der Waals surface area contributed by atoms with Gasteiger partial charge in [0.1, 0.15) is 0 Å². The molecule has 0 aliphatic carbocycles. The predicted octanol–water partition coefficient (Wildman–Crippen LogP) is 10.8. The molecule has 29 heavy (non-hydrogen) atoms. The Balaban J connectivity index is -0.000000451. The second-order valence-electron chi connectivity index (χ2n) is 9.31. The third-order valence-electron chi connectivity index (χ3n) is 5.99. The van der Waals surface area contributed by atoms with Crippen LogP contribution in [0.1, 0.15) is 156 Å². The molecule has 0 radical (unpaired) electrons. The molecule has 1 heteroatoms. The molecule has 0 amide bonds. The second-order valence-corrected chi connectivity index (χ2v) is 9.31. The summed E-state index contributed by atoms with van der Waals surface area (Å²) >= 11 is 0. The maximum absolute atomic E-state index is 3.87. The summed E-state index contributed by atoms with van der Waals surface area (Å²) in [6.45, 7) is 17.1. The first-order chi connectivity index (χ1) is 13.6. The quantitative estimate of drug-likeness (QED) is 0.0874. The third-order valence-corrected chi connectivity index (χ3v) is 5.99. The molecule has 2 atom stereocenters. The fourth-order valence-corrected chi connectivity index (χ4v) is 3.82. The third kappa shape index (κ3) is 33.8. The fraction of sp³-hybridized carbons (Fsp3) is 0.929. The molecule has 0 rings (SSSR count). The molecule has 0 aliphatic rings. The van der Waals surface area contributed by atoms with Gasteiger partial charge in [-0.15, -0.1) is 0 Å². The van der Waals surface area contributed by atoms with Gasteiger partial charge in [-0.3, -0.25) is 0 Å². The molecule has 0 heterocycles. The Morgan fingerprint density at radius 1 is 0.448 bits per heavy atom. The second kappa shape index (κ2) is 31.1. The van der Waals surface area contributed by atoms with Crippen LogP contribution in [0.3, 0.4) is 0 Å². The van der Waals surface area contributed by atoms with E-state index >= 15 is 0 Å². The number of hydrogen-bond donors (Lipinski definition) is 0. The Morgan fingerprint density at radius 3 is 0.966 bits per heavy atom. The minimum absolute atomic E-state index is 0. The van der Waals surface area contributed by atoms with Crippen LogP contribution < -0.4 is 0 Å². The van der Waals surface area contributed by atoms with Crippen LogP contribution in [0.2, 0.25) is 0 Å². The molecule has 0 aromatic carbocycles. The van der Waals surface area contributed by atoms with Crippen LogP contribution in [0.5, 0.6) is 0 Å². The van der Waals surface area contributed by atoms with Crippen LogP contribution in [0.25, 0.3) is 0 Å². The first-order valence-corrected chi connectivity index (χ1v) is 13.2. The van der Waals surface area contributed by atoms with Crippen molar-refractivity contribution >= 4 is 0 Å². The van der Waals surface area contributed by atoms with Crippen molar-refractivity contribution in [1.29, 1.82) is 0 Å². The molecule has 172 valence electrons. The van der Waals surface area contributed by atoms with Gasteiger partial charge in [0.05, 0.1) is 0 Å². The first-order valence-electron chi connectivity index (χ1n) is 13.2. The van der Waals surface area contributed by atoms with Crippen molar-refractivity contribution < 1.29 is 27.3 Å². The van der Waals surface area contributed by atoms with Gasteiger partial charge < -0.3 is 13.8 Å². The van der Waals surface area contributed by atoms with E-state index in [1.165, 1.54) is 116 Å². The predicted molar refractivity (Wildman–Crippen MR) is 133 cm³/mol. The number of hydrogen-bond acceptors (Lipinski definition) is 0. The van der Waals surface area contributed by atoms with Crippen molar-refractivity contribution in [3.63, 3.8) is 0 Å². The van der Waals surface area contributed by atoms with Crippen molar-refractivity contribution in [3.05, 3.63) is 13.8 Å². The monoisotopic (exact) mass is 508 g/mol. The maximum Gasteiger partial charge on any atom is 2.00 e. The van der Waals surface area contributed by atoms with E-state index in [1.54, 1.807) is 0 Å². The van der Waals surface area contributed by atoms with E-state index in [1.807, 2.05) is 0 Å². The van der Waals surface area contributed by atoms with Crippen LogP contribution in [-0.4, -0.2) is 0 Å². The molecule has 0 bridgehead atoms. The van der Waals surface area contributed by atoms with Gasteiger partial charge in [0.25, 0.3) is 0 Å². The molecular formula is C28H58Cd. The van der Waals surface area contributed by atoms with Gasteiger partial charge in [-0.25, -0.2) is 0 Å². The van der Waals surface area contributed by atoms with E-state index in [9.17, 15) is 0 Å². The standard InChI is InChI=1S/2C14H29.Cd/c2*1-4-6-8-10-12-14(3)13-11-9-7-5-2;/h2*14H,1,4-13H2,2-3H3;/q2*-1;+2. The van der Waals surface area contributed by atoms with Crippen LogP contribution in [0, 0.1) is 25.7 Å². The molecule has 0 aromatic rings. The Morgan fingerprint density at radius 2 is 0.724 bits per heavy atom. The van der Waals surface area contributed by atoms with Gasteiger partial charge in [0.2, 0.25) is 0 Å². The molecule has 0 spiro atoms. The average molecular weight is 507 g/mol. The fourth-order valence-electron chi connectivity index (χ4n) is 3.82. The van der Waals surface area contributed by atoms with Crippen molar-refractivity contribution in [2.24, 2.45) is 11.8 Å². The zero-order valence-electron chi connectivity index (χ0n) is 21.4. The van der Waals surface area contributed by atoms with Gasteiger partial charge in [-0.2, -0.15) is 12.8 Å². The van der Waals surface area contributed by atoms with E-state index in [0.717, 1.165) is 24.7 Å². The Bertz CT molecular complexity index is 201. The largest absolute Gasteiger partial charge is 2.00 e. The van der Waals surface area contributed by atoms with Crippen molar-refractivity contribution in [2.45, 2.75) is 156 Å². The zero-order valence-corrected chi connectivity index (χ0v) is 25.5. The summed E-state index contributed by atoms with van der Waals surface area (Å²) in [7, 11) is 0. The van der Waals surface area contributed by atoms with Gasteiger partial charge in [0, 0.05) is 0 Å². The van der Waals surface area contributed by atoms with E-state index in [4.69, 9.17) is 0 Å². The summed E-state index contributed by atoms with van der Waals surface area (Å²) in [6.07, 6.45) is 27.6. The summed E-state index contributed by atoms with van der Waals surface area (Å²) < 4.78 is 0. The van der Waals surface area contributed by atoms with E-state index < -0.39 is 0 Å². The number of rotatable bonds is 20. The molecule has 0 fully saturated rings. The minimum Gasteiger partial charge on any atom is -0.343 e. The summed E-state index contributed by atoms with van der Waals surface area (Å²) in [6, 6.07) is 0. The van der Waals surface area contributed by atoms with E-state index in [0.29, 0.717) is 0 Å². The molecule has 0 aliphatic heterocycles. The molecule has 0 nitrogen and oxygen atoms in total. The summed E-state index contributed by atoms with van der Waals surface area (Å²) in [5.74, 6) is 1.91. The summed E-state index contributed by atoms with van der Waals surface area (Å²) in [5.41, 5.74) is 0. The Hall–Kier alpha value is 0.922.